The third kappa shape index (κ3) is 7.17. The van der Waals surface area contributed by atoms with Crippen molar-refractivity contribution in [3.05, 3.63) is 88.7 Å². The monoisotopic (exact) mass is 445 g/mol. The highest BCUT2D eigenvalue weighted by atomic mass is 16.5. The second-order valence-electron chi connectivity index (χ2n) is 8.62. The Bertz CT molecular complexity index is 1090. The zero-order chi connectivity index (χ0) is 23.8. The number of pyridine rings is 1. The zero-order valence-electron chi connectivity index (χ0n) is 19.6. The number of hydrogen-bond donors (Lipinski definition) is 2. The van der Waals surface area contributed by atoms with E-state index in [1.165, 1.54) is 0 Å². The van der Waals surface area contributed by atoms with Gasteiger partial charge in [-0.15, -0.1) is 0 Å². The lowest BCUT2D eigenvalue weighted by atomic mass is 10.0. The number of nitrogens with one attached hydrogen (secondary N) is 2. The van der Waals surface area contributed by atoms with Crippen molar-refractivity contribution in [3.8, 4) is 5.75 Å². The predicted octanol–water partition coefficient (Wildman–Crippen LogP) is 5.19. The average Bonchev–Trinajstić information content (AvgIpc) is 2.77. The lowest BCUT2D eigenvalue weighted by molar-refractivity contribution is -0.116. The van der Waals surface area contributed by atoms with E-state index in [1.807, 2.05) is 76.2 Å². The van der Waals surface area contributed by atoms with Crippen LogP contribution in [0.5, 0.6) is 5.75 Å². The van der Waals surface area contributed by atoms with Gasteiger partial charge in [0.25, 0.3) is 5.91 Å². The van der Waals surface area contributed by atoms with E-state index < -0.39 is 0 Å². The Hall–Kier alpha value is -3.67. The molecule has 0 aliphatic heterocycles. The maximum atomic E-state index is 12.8. The van der Waals surface area contributed by atoms with Gasteiger partial charge in [0.1, 0.15) is 12.4 Å². The van der Waals surface area contributed by atoms with Crippen LogP contribution in [0.1, 0.15) is 52.9 Å². The summed E-state index contributed by atoms with van der Waals surface area (Å²) in [6.45, 7) is 8.68. The van der Waals surface area contributed by atoms with Crippen molar-refractivity contribution in [3.63, 3.8) is 0 Å². The van der Waals surface area contributed by atoms with E-state index in [9.17, 15) is 9.59 Å². The highest BCUT2D eigenvalue weighted by Gasteiger charge is 2.12. The van der Waals surface area contributed by atoms with Crippen molar-refractivity contribution in [2.24, 2.45) is 5.92 Å². The van der Waals surface area contributed by atoms with E-state index in [0.717, 1.165) is 33.7 Å². The molecule has 0 aliphatic carbocycles. The minimum Gasteiger partial charge on any atom is -0.488 e. The Morgan fingerprint density at radius 2 is 1.73 bits per heavy atom. The molecule has 3 aromatic rings. The fourth-order valence-corrected chi connectivity index (χ4v) is 3.57. The first-order valence-electron chi connectivity index (χ1n) is 11.1. The summed E-state index contributed by atoms with van der Waals surface area (Å²) in [5.41, 5.74) is 5.02. The van der Waals surface area contributed by atoms with E-state index in [-0.39, 0.29) is 11.8 Å². The van der Waals surface area contributed by atoms with E-state index in [2.05, 4.69) is 15.6 Å². The zero-order valence-corrected chi connectivity index (χ0v) is 19.6. The number of amides is 2. The number of aromatic nitrogens is 1. The number of carbonyl (C=O) groups is 2. The van der Waals surface area contributed by atoms with Crippen LogP contribution < -0.4 is 15.4 Å². The molecule has 172 valence electrons. The summed E-state index contributed by atoms with van der Waals surface area (Å²) >= 11 is 0. The number of ether oxygens (including phenoxy) is 1. The summed E-state index contributed by atoms with van der Waals surface area (Å²) in [4.78, 5) is 28.9. The number of aryl methyl sites for hydroxylation is 2. The highest BCUT2D eigenvalue weighted by Crippen LogP contribution is 2.26. The third-order valence-electron chi connectivity index (χ3n) is 5.09. The number of nitrogens with zero attached hydrogens (tertiary/aromatic N) is 1. The van der Waals surface area contributed by atoms with Gasteiger partial charge in [0, 0.05) is 42.2 Å². The topological polar surface area (TPSA) is 80.3 Å². The number of hydrogen-bond acceptors (Lipinski definition) is 4. The standard InChI is InChI=1S/C27H31N3O3/c1-18(2)11-25(31)30-24-9-5-7-21(14-24)16-29-27(32)23-12-19(3)26(20(4)13-23)33-17-22-8-6-10-28-15-22/h5-10,12-15,18H,11,16-17H2,1-4H3,(H,29,32)(H,30,31). The molecule has 0 radical (unpaired) electrons. The molecule has 2 N–H and O–H groups in total. The van der Waals surface area contributed by atoms with Crippen molar-refractivity contribution in [1.82, 2.24) is 10.3 Å². The van der Waals surface area contributed by atoms with Gasteiger partial charge in [-0.05, 0) is 66.8 Å². The SMILES string of the molecule is Cc1cc(C(=O)NCc2cccc(NC(=O)CC(C)C)c2)cc(C)c1OCc1cccnc1. The van der Waals surface area contributed by atoms with Gasteiger partial charge in [-0.25, -0.2) is 0 Å². The Labute approximate surface area is 195 Å². The number of benzene rings is 2. The predicted molar refractivity (Wildman–Crippen MR) is 130 cm³/mol. The number of anilines is 1. The van der Waals surface area contributed by atoms with Crippen molar-refractivity contribution in [1.29, 1.82) is 0 Å². The molecule has 0 bridgehead atoms. The Morgan fingerprint density at radius 1 is 1.00 bits per heavy atom. The molecule has 6 heteroatoms. The van der Waals surface area contributed by atoms with Crippen LogP contribution in [0.25, 0.3) is 0 Å². The molecule has 0 saturated carbocycles. The second-order valence-corrected chi connectivity index (χ2v) is 8.62. The fourth-order valence-electron chi connectivity index (χ4n) is 3.57. The maximum absolute atomic E-state index is 12.8. The Balaban J connectivity index is 1.60. The molecule has 0 unspecified atom stereocenters. The van der Waals surface area contributed by atoms with Crippen LogP contribution in [-0.4, -0.2) is 16.8 Å². The first-order valence-corrected chi connectivity index (χ1v) is 11.1. The molecule has 0 saturated heterocycles. The van der Waals surface area contributed by atoms with Crippen LogP contribution in [0.4, 0.5) is 5.69 Å². The number of carbonyl (C=O) groups excluding carboxylic acids is 2. The van der Waals surface area contributed by atoms with Crippen LogP contribution in [0, 0.1) is 19.8 Å². The normalized spacial score (nSPS) is 10.7. The largest absolute Gasteiger partial charge is 0.488 e. The van der Waals surface area contributed by atoms with Gasteiger partial charge < -0.3 is 15.4 Å². The molecule has 33 heavy (non-hydrogen) atoms. The fraction of sp³-hybridized carbons (Fsp3) is 0.296. The first-order chi connectivity index (χ1) is 15.8. The summed E-state index contributed by atoms with van der Waals surface area (Å²) in [5, 5.41) is 5.87. The molecule has 2 amide bonds. The summed E-state index contributed by atoms with van der Waals surface area (Å²) in [6, 6.07) is 15.0. The molecule has 1 aromatic heterocycles. The molecule has 2 aromatic carbocycles. The lowest BCUT2D eigenvalue weighted by Crippen LogP contribution is -2.23. The van der Waals surface area contributed by atoms with Crippen LogP contribution in [0.2, 0.25) is 0 Å². The summed E-state index contributed by atoms with van der Waals surface area (Å²) in [7, 11) is 0. The van der Waals surface area contributed by atoms with Gasteiger partial charge in [0.15, 0.2) is 0 Å². The van der Waals surface area contributed by atoms with Crippen molar-refractivity contribution >= 4 is 17.5 Å². The molecule has 0 spiro atoms. The second kappa shape index (κ2) is 11.3. The maximum Gasteiger partial charge on any atom is 0.251 e. The highest BCUT2D eigenvalue weighted by molar-refractivity contribution is 5.95. The lowest BCUT2D eigenvalue weighted by Gasteiger charge is -2.14. The minimum atomic E-state index is -0.158. The van der Waals surface area contributed by atoms with Gasteiger partial charge in [-0.2, -0.15) is 0 Å². The smallest absolute Gasteiger partial charge is 0.251 e. The van der Waals surface area contributed by atoms with E-state index in [4.69, 9.17) is 4.74 Å². The molecule has 6 nitrogen and oxygen atoms in total. The Kier molecular flexibility index (Phi) is 8.19. The van der Waals surface area contributed by atoms with Crippen molar-refractivity contribution in [2.75, 3.05) is 5.32 Å². The first kappa shape index (κ1) is 24.0. The van der Waals surface area contributed by atoms with Gasteiger partial charge in [-0.3, -0.25) is 14.6 Å². The molecule has 0 atom stereocenters. The Morgan fingerprint density at radius 3 is 2.39 bits per heavy atom. The quantitative estimate of drug-likeness (QED) is 0.475. The van der Waals surface area contributed by atoms with Crippen molar-refractivity contribution < 1.29 is 14.3 Å². The van der Waals surface area contributed by atoms with Gasteiger partial charge in [0.2, 0.25) is 5.91 Å². The van der Waals surface area contributed by atoms with Crippen molar-refractivity contribution in [2.45, 2.75) is 47.3 Å². The molecular formula is C27H31N3O3. The number of rotatable bonds is 9. The van der Waals surface area contributed by atoms with Crippen LogP contribution in [0.15, 0.2) is 60.9 Å². The summed E-state index contributed by atoms with van der Waals surface area (Å²) in [5.74, 6) is 0.906. The average molecular weight is 446 g/mol. The van der Waals surface area contributed by atoms with Crippen LogP contribution in [0.3, 0.4) is 0 Å². The van der Waals surface area contributed by atoms with E-state index in [0.29, 0.717) is 31.1 Å². The van der Waals surface area contributed by atoms with E-state index >= 15 is 0 Å². The van der Waals surface area contributed by atoms with Crippen LogP contribution >= 0.6 is 0 Å². The summed E-state index contributed by atoms with van der Waals surface area (Å²) < 4.78 is 5.98. The molecule has 1 heterocycles. The minimum absolute atomic E-state index is 0.0111. The summed E-state index contributed by atoms with van der Waals surface area (Å²) in [6.07, 6.45) is 3.98. The van der Waals surface area contributed by atoms with Gasteiger partial charge in [-0.1, -0.05) is 32.0 Å². The molecule has 0 aliphatic rings. The van der Waals surface area contributed by atoms with Gasteiger partial charge >= 0.3 is 0 Å². The van der Waals surface area contributed by atoms with E-state index in [1.54, 1.807) is 12.4 Å². The van der Waals surface area contributed by atoms with Gasteiger partial charge in [0.05, 0.1) is 0 Å². The molecule has 0 fully saturated rings. The molecular weight excluding hydrogens is 414 g/mol. The van der Waals surface area contributed by atoms with Crippen LogP contribution in [-0.2, 0) is 17.9 Å². The third-order valence-corrected chi connectivity index (χ3v) is 5.09. The molecule has 3 rings (SSSR count).